The molecule has 1 fully saturated rings. The number of hydrogen-bond acceptors (Lipinski definition) is 4. The molecular formula is C16H24N4O2. The zero-order chi connectivity index (χ0) is 15.4. The third-order valence-corrected chi connectivity index (χ3v) is 4.76. The fourth-order valence-electron chi connectivity index (χ4n) is 3.43. The third-order valence-electron chi connectivity index (χ3n) is 4.76. The molecule has 6 nitrogen and oxygen atoms in total. The Morgan fingerprint density at radius 1 is 1.18 bits per heavy atom. The lowest BCUT2D eigenvalue weighted by atomic mass is 9.91. The second-order valence-corrected chi connectivity index (χ2v) is 6.34. The van der Waals surface area contributed by atoms with Crippen molar-refractivity contribution in [1.29, 1.82) is 0 Å². The molecule has 1 aliphatic carbocycles. The first-order chi connectivity index (χ1) is 10.7. The largest absolute Gasteiger partial charge is 0.355 e. The number of aromatic amines is 1. The summed E-state index contributed by atoms with van der Waals surface area (Å²) in [6.07, 6.45) is 6.28. The molecule has 1 amide bonds. The van der Waals surface area contributed by atoms with Crippen molar-refractivity contribution in [3.8, 4) is 0 Å². The van der Waals surface area contributed by atoms with E-state index in [-0.39, 0.29) is 17.9 Å². The second kappa shape index (κ2) is 7.05. The van der Waals surface area contributed by atoms with Crippen LogP contribution < -0.4 is 16.2 Å². The molecule has 1 saturated heterocycles. The number of carbonyl (C=O) groups is 1. The Hall–Kier alpha value is -1.69. The van der Waals surface area contributed by atoms with Crippen molar-refractivity contribution < 1.29 is 4.79 Å². The van der Waals surface area contributed by atoms with Gasteiger partial charge in [0.2, 0.25) is 5.91 Å². The van der Waals surface area contributed by atoms with Gasteiger partial charge in [-0.25, -0.2) is 5.10 Å². The van der Waals surface area contributed by atoms with Crippen molar-refractivity contribution in [2.24, 2.45) is 5.92 Å². The maximum Gasteiger partial charge on any atom is 0.267 e. The van der Waals surface area contributed by atoms with Crippen molar-refractivity contribution in [3.63, 3.8) is 0 Å². The molecule has 3 N–H and O–H groups in total. The summed E-state index contributed by atoms with van der Waals surface area (Å²) in [5.74, 6) is 0.577. The molecule has 0 saturated carbocycles. The molecular weight excluding hydrogens is 280 g/mol. The standard InChI is InChI=1S/C16H24N4O2/c21-15(18-10-11-5-7-17-8-6-11)9-14-12-3-1-2-4-13(12)16(22)20-19-14/h11,17H,1-10H2,(H,18,21)(H,20,22). The summed E-state index contributed by atoms with van der Waals surface area (Å²) in [6, 6.07) is 0. The first-order valence-electron chi connectivity index (χ1n) is 8.31. The highest BCUT2D eigenvalue weighted by Crippen LogP contribution is 2.20. The van der Waals surface area contributed by atoms with Gasteiger partial charge in [0.05, 0.1) is 12.1 Å². The topological polar surface area (TPSA) is 86.9 Å². The van der Waals surface area contributed by atoms with Crippen LogP contribution in [-0.4, -0.2) is 35.7 Å². The summed E-state index contributed by atoms with van der Waals surface area (Å²) in [6.45, 7) is 2.82. The number of hydrogen-bond donors (Lipinski definition) is 3. The van der Waals surface area contributed by atoms with Gasteiger partial charge in [-0.1, -0.05) is 0 Å². The highest BCUT2D eigenvalue weighted by Gasteiger charge is 2.20. The van der Waals surface area contributed by atoms with Gasteiger partial charge in [0, 0.05) is 12.1 Å². The van der Waals surface area contributed by atoms with Crippen LogP contribution in [0.1, 0.15) is 42.5 Å². The Labute approximate surface area is 130 Å². The summed E-state index contributed by atoms with van der Waals surface area (Å²) in [4.78, 5) is 24.0. The van der Waals surface area contributed by atoms with E-state index in [0.717, 1.165) is 75.0 Å². The Balaban J connectivity index is 1.60. The fourth-order valence-corrected chi connectivity index (χ4v) is 3.43. The number of rotatable bonds is 4. The minimum atomic E-state index is -0.0893. The number of amides is 1. The maximum atomic E-state index is 12.2. The number of carbonyl (C=O) groups excluding carboxylic acids is 1. The smallest absolute Gasteiger partial charge is 0.267 e. The molecule has 22 heavy (non-hydrogen) atoms. The predicted octanol–water partition coefficient (Wildman–Crippen LogP) is 0.307. The number of nitrogens with one attached hydrogen (secondary N) is 3. The van der Waals surface area contributed by atoms with Gasteiger partial charge < -0.3 is 10.6 Å². The van der Waals surface area contributed by atoms with Crippen LogP contribution in [0.3, 0.4) is 0 Å². The molecule has 0 spiro atoms. The van der Waals surface area contributed by atoms with Crippen LogP contribution in [-0.2, 0) is 24.1 Å². The van der Waals surface area contributed by atoms with Crippen LogP contribution >= 0.6 is 0 Å². The normalized spacial score (nSPS) is 18.7. The summed E-state index contributed by atoms with van der Waals surface area (Å²) in [5, 5.41) is 13.0. The number of fused-ring (bicyclic) bond motifs is 1. The van der Waals surface area contributed by atoms with Crippen LogP contribution in [0, 0.1) is 5.92 Å². The first kappa shape index (κ1) is 15.2. The van der Waals surface area contributed by atoms with Gasteiger partial charge in [-0.3, -0.25) is 9.59 Å². The molecule has 1 aromatic heterocycles. The van der Waals surface area contributed by atoms with Crippen molar-refractivity contribution in [1.82, 2.24) is 20.8 Å². The summed E-state index contributed by atoms with van der Waals surface area (Å²) < 4.78 is 0. The fraction of sp³-hybridized carbons (Fsp3) is 0.688. The third kappa shape index (κ3) is 3.55. The quantitative estimate of drug-likeness (QED) is 0.747. The minimum Gasteiger partial charge on any atom is -0.355 e. The van der Waals surface area contributed by atoms with E-state index < -0.39 is 0 Å². The maximum absolute atomic E-state index is 12.2. The molecule has 0 unspecified atom stereocenters. The number of aromatic nitrogens is 2. The Kier molecular flexibility index (Phi) is 4.87. The molecule has 2 aliphatic rings. The SMILES string of the molecule is O=C(Cc1n[nH]c(=O)c2c1CCCC2)NCC1CCNCC1. The molecule has 1 aliphatic heterocycles. The first-order valence-corrected chi connectivity index (χ1v) is 8.31. The number of H-pyrrole nitrogens is 1. The molecule has 0 bridgehead atoms. The van der Waals surface area contributed by atoms with E-state index in [1.807, 2.05) is 0 Å². The highest BCUT2D eigenvalue weighted by atomic mass is 16.1. The van der Waals surface area contributed by atoms with Gasteiger partial charge in [-0.2, -0.15) is 5.10 Å². The average Bonchev–Trinajstić information content (AvgIpc) is 2.57. The van der Waals surface area contributed by atoms with Gasteiger partial charge in [0.1, 0.15) is 0 Å². The van der Waals surface area contributed by atoms with Gasteiger partial charge >= 0.3 is 0 Å². The van der Waals surface area contributed by atoms with Crippen LogP contribution in [0.15, 0.2) is 4.79 Å². The zero-order valence-electron chi connectivity index (χ0n) is 12.9. The monoisotopic (exact) mass is 304 g/mol. The molecule has 2 heterocycles. The van der Waals surface area contributed by atoms with E-state index >= 15 is 0 Å². The number of nitrogens with zero attached hydrogens (tertiary/aromatic N) is 1. The lowest BCUT2D eigenvalue weighted by Crippen LogP contribution is -2.37. The summed E-state index contributed by atoms with van der Waals surface area (Å²) >= 11 is 0. The average molecular weight is 304 g/mol. The molecule has 6 heteroatoms. The zero-order valence-corrected chi connectivity index (χ0v) is 12.9. The van der Waals surface area contributed by atoms with E-state index in [2.05, 4.69) is 20.8 Å². The van der Waals surface area contributed by atoms with E-state index in [0.29, 0.717) is 5.92 Å². The van der Waals surface area contributed by atoms with Crippen LogP contribution in [0.25, 0.3) is 0 Å². The Morgan fingerprint density at radius 3 is 2.68 bits per heavy atom. The molecule has 0 radical (unpaired) electrons. The van der Waals surface area contributed by atoms with Crippen molar-refractivity contribution >= 4 is 5.91 Å². The van der Waals surface area contributed by atoms with Crippen LogP contribution in [0.5, 0.6) is 0 Å². The van der Waals surface area contributed by atoms with Crippen molar-refractivity contribution in [2.45, 2.75) is 44.9 Å². The van der Waals surface area contributed by atoms with Crippen molar-refractivity contribution in [2.75, 3.05) is 19.6 Å². The van der Waals surface area contributed by atoms with Gasteiger partial charge in [0.25, 0.3) is 5.56 Å². The van der Waals surface area contributed by atoms with E-state index in [4.69, 9.17) is 0 Å². The van der Waals surface area contributed by atoms with Gasteiger partial charge in [-0.05, 0) is 63.1 Å². The lowest BCUT2D eigenvalue weighted by molar-refractivity contribution is -0.120. The van der Waals surface area contributed by atoms with Crippen molar-refractivity contribution in [3.05, 3.63) is 27.2 Å². The van der Waals surface area contributed by atoms with E-state index in [9.17, 15) is 9.59 Å². The van der Waals surface area contributed by atoms with E-state index in [1.165, 1.54) is 0 Å². The lowest BCUT2D eigenvalue weighted by Gasteiger charge is -2.23. The molecule has 3 rings (SSSR count). The molecule has 0 aromatic carbocycles. The van der Waals surface area contributed by atoms with Crippen LogP contribution in [0.2, 0.25) is 0 Å². The molecule has 120 valence electrons. The highest BCUT2D eigenvalue weighted by molar-refractivity contribution is 5.78. The van der Waals surface area contributed by atoms with E-state index in [1.54, 1.807) is 0 Å². The minimum absolute atomic E-state index is 0.00542. The Morgan fingerprint density at radius 2 is 1.91 bits per heavy atom. The van der Waals surface area contributed by atoms with Gasteiger partial charge in [-0.15, -0.1) is 0 Å². The summed E-state index contributed by atoms with van der Waals surface area (Å²) in [7, 11) is 0. The molecule has 0 atom stereocenters. The summed E-state index contributed by atoms with van der Waals surface area (Å²) in [5.41, 5.74) is 2.50. The predicted molar refractivity (Wildman–Crippen MR) is 83.8 cm³/mol. The molecule has 1 aromatic rings. The van der Waals surface area contributed by atoms with Crippen LogP contribution in [0.4, 0.5) is 0 Å². The van der Waals surface area contributed by atoms with Gasteiger partial charge in [0.15, 0.2) is 0 Å². The second-order valence-electron chi connectivity index (χ2n) is 6.34. The number of piperidine rings is 1. The Bertz CT molecular complexity index is 590.